The van der Waals surface area contributed by atoms with Crippen LogP contribution in [0, 0.1) is 0 Å². The number of aromatic nitrogens is 1. The minimum Gasteiger partial charge on any atom is -0.507 e. The molecule has 0 fully saturated rings. The molecule has 3 aromatic rings. The molecule has 0 aliphatic rings. The van der Waals surface area contributed by atoms with E-state index in [9.17, 15) is 19.8 Å². The van der Waals surface area contributed by atoms with E-state index in [1.807, 2.05) is 0 Å². The first-order valence-electron chi connectivity index (χ1n) is 6.18. The molecule has 2 N–H and O–H groups in total. The first-order chi connectivity index (χ1) is 10.6. The Morgan fingerprint density at radius 3 is 2.55 bits per heavy atom. The fraction of sp³-hybridized carbons (Fsp3) is 0. The summed E-state index contributed by atoms with van der Waals surface area (Å²) in [5, 5.41) is 19.3. The second kappa shape index (κ2) is 5.45. The smallest absolute Gasteiger partial charge is 0.356 e. The Balaban J connectivity index is 2.12. The number of aromatic hydroxyl groups is 1. The maximum Gasteiger partial charge on any atom is 0.356 e. The predicted molar refractivity (Wildman–Crippen MR) is 78.3 cm³/mol. The molecule has 0 radical (unpaired) electrons. The summed E-state index contributed by atoms with van der Waals surface area (Å²) in [5.74, 6) is -1.74. The molecule has 0 bridgehead atoms. The second-order valence-corrected chi connectivity index (χ2v) is 5.32. The van der Waals surface area contributed by atoms with Crippen LogP contribution < -0.4 is 0 Å². The van der Waals surface area contributed by atoms with E-state index in [-0.39, 0.29) is 21.9 Å². The highest BCUT2D eigenvalue weighted by atomic mass is 32.1. The van der Waals surface area contributed by atoms with Gasteiger partial charge in [0.25, 0.3) is 0 Å². The Kier molecular flexibility index (Phi) is 3.48. The van der Waals surface area contributed by atoms with Gasteiger partial charge in [-0.25, -0.2) is 9.78 Å². The van der Waals surface area contributed by atoms with E-state index in [1.54, 1.807) is 24.3 Å². The molecule has 0 unspecified atom stereocenters. The lowest BCUT2D eigenvalue weighted by molar-refractivity contribution is 0.0687. The molecule has 0 amide bonds. The number of nitrogens with zero attached hydrogens (tertiary/aromatic N) is 1. The van der Waals surface area contributed by atoms with Crippen molar-refractivity contribution in [3.8, 4) is 16.5 Å². The quantitative estimate of drug-likeness (QED) is 0.718. The van der Waals surface area contributed by atoms with Gasteiger partial charge < -0.3 is 14.6 Å². The maximum absolute atomic E-state index is 12.5. The van der Waals surface area contributed by atoms with E-state index in [4.69, 9.17) is 4.42 Å². The third-order valence-corrected chi connectivity index (χ3v) is 3.99. The summed E-state index contributed by atoms with van der Waals surface area (Å²) < 4.78 is 5.17. The lowest BCUT2D eigenvalue weighted by Gasteiger charge is -2.01. The molecule has 0 aliphatic heterocycles. The number of ketones is 1. The Labute approximate surface area is 128 Å². The van der Waals surface area contributed by atoms with E-state index in [2.05, 4.69) is 4.98 Å². The highest BCUT2D eigenvalue weighted by Gasteiger charge is 2.26. The Hall–Kier alpha value is -2.93. The van der Waals surface area contributed by atoms with Crippen LogP contribution in [0.2, 0.25) is 0 Å². The molecule has 0 saturated carbocycles. The van der Waals surface area contributed by atoms with Gasteiger partial charge in [-0.15, -0.1) is 11.3 Å². The number of carboxylic acids is 1. The first kappa shape index (κ1) is 14.0. The number of carbonyl (C=O) groups is 2. The third kappa shape index (κ3) is 2.38. The van der Waals surface area contributed by atoms with E-state index in [0.29, 0.717) is 10.8 Å². The molecule has 0 atom stereocenters. The van der Waals surface area contributed by atoms with E-state index >= 15 is 0 Å². The van der Waals surface area contributed by atoms with Crippen molar-refractivity contribution in [3.63, 3.8) is 0 Å². The van der Waals surface area contributed by atoms with Gasteiger partial charge in [0.1, 0.15) is 10.6 Å². The zero-order valence-electron chi connectivity index (χ0n) is 11.0. The number of carboxylic acid groups (broad SMARTS) is 1. The number of para-hydroxylation sites is 1. The summed E-state index contributed by atoms with van der Waals surface area (Å²) in [5.41, 5.74) is -0.329. The van der Waals surface area contributed by atoms with Crippen LogP contribution in [0.15, 0.2) is 47.1 Å². The monoisotopic (exact) mass is 315 g/mol. The number of phenols is 1. The number of hydrogen-bond acceptors (Lipinski definition) is 6. The largest absolute Gasteiger partial charge is 0.507 e. The third-order valence-electron chi connectivity index (χ3n) is 2.92. The van der Waals surface area contributed by atoms with Crippen LogP contribution in [0.3, 0.4) is 0 Å². The van der Waals surface area contributed by atoms with Gasteiger partial charge in [0.05, 0.1) is 11.8 Å². The summed E-state index contributed by atoms with van der Waals surface area (Å²) in [6.45, 7) is 0. The SMILES string of the molecule is O=C(O)c1nc(-c2ccco2)sc1C(=O)c1ccccc1O. The molecular weight excluding hydrogens is 306 g/mol. The van der Waals surface area contributed by atoms with Crippen molar-refractivity contribution in [3.05, 3.63) is 58.8 Å². The molecule has 110 valence electrons. The van der Waals surface area contributed by atoms with Gasteiger partial charge in [0.15, 0.2) is 16.5 Å². The van der Waals surface area contributed by atoms with Gasteiger partial charge >= 0.3 is 5.97 Å². The molecule has 6 nitrogen and oxygen atoms in total. The number of aromatic carboxylic acids is 1. The summed E-state index contributed by atoms with van der Waals surface area (Å²) >= 11 is 0.911. The number of thiazole rings is 1. The van der Waals surface area contributed by atoms with Crippen molar-refractivity contribution in [1.29, 1.82) is 0 Å². The highest BCUT2D eigenvalue weighted by Crippen LogP contribution is 2.31. The van der Waals surface area contributed by atoms with Gasteiger partial charge in [-0.1, -0.05) is 12.1 Å². The van der Waals surface area contributed by atoms with Crippen molar-refractivity contribution in [2.75, 3.05) is 0 Å². The Bertz CT molecular complexity index is 851. The minimum absolute atomic E-state index is 0.0274. The van der Waals surface area contributed by atoms with Crippen molar-refractivity contribution in [1.82, 2.24) is 4.98 Å². The van der Waals surface area contributed by atoms with Crippen LogP contribution >= 0.6 is 11.3 Å². The van der Waals surface area contributed by atoms with Crippen LogP contribution in [0.5, 0.6) is 5.75 Å². The lowest BCUT2D eigenvalue weighted by Crippen LogP contribution is -2.07. The number of phenolic OH excluding ortho intramolecular Hbond substituents is 1. The van der Waals surface area contributed by atoms with Crippen LogP contribution in [-0.4, -0.2) is 26.9 Å². The minimum atomic E-state index is -1.31. The summed E-state index contributed by atoms with van der Waals surface area (Å²) in [7, 11) is 0. The van der Waals surface area contributed by atoms with Crippen molar-refractivity contribution < 1.29 is 24.2 Å². The molecule has 1 aromatic carbocycles. The number of benzene rings is 1. The molecule has 3 rings (SSSR count). The fourth-order valence-corrected chi connectivity index (χ4v) is 2.89. The zero-order chi connectivity index (χ0) is 15.7. The summed E-state index contributed by atoms with van der Waals surface area (Å²) in [4.78, 5) is 27.7. The van der Waals surface area contributed by atoms with Crippen molar-refractivity contribution >= 4 is 23.1 Å². The van der Waals surface area contributed by atoms with Crippen molar-refractivity contribution in [2.24, 2.45) is 0 Å². The van der Waals surface area contributed by atoms with Gasteiger partial charge in [-0.3, -0.25) is 4.79 Å². The lowest BCUT2D eigenvalue weighted by atomic mass is 10.1. The van der Waals surface area contributed by atoms with Crippen LogP contribution in [0.4, 0.5) is 0 Å². The number of rotatable bonds is 4. The van der Waals surface area contributed by atoms with Crippen LogP contribution in [0.1, 0.15) is 25.7 Å². The maximum atomic E-state index is 12.5. The number of carbonyl (C=O) groups excluding carboxylic acids is 1. The fourth-order valence-electron chi connectivity index (χ4n) is 1.91. The molecule has 0 saturated heterocycles. The highest BCUT2D eigenvalue weighted by molar-refractivity contribution is 7.17. The van der Waals surface area contributed by atoms with Crippen LogP contribution in [-0.2, 0) is 0 Å². The zero-order valence-corrected chi connectivity index (χ0v) is 11.8. The Morgan fingerprint density at radius 2 is 1.91 bits per heavy atom. The molecule has 0 aliphatic carbocycles. The van der Waals surface area contributed by atoms with Gasteiger partial charge in [0, 0.05) is 0 Å². The molecule has 2 aromatic heterocycles. The molecule has 22 heavy (non-hydrogen) atoms. The van der Waals surface area contributed by atoms with Gasteiger partial charge in [-0.2, -0.15) is 0 Å². The first-order valence-corrected chi connectivity index (χ1v) is 7.00. The number of furan rings is 1. The van der Waals surface area contributed by atoms with Gasteiger partial charge in [0.2, 0.25) is 5.78 Å². The average Bonchev–Trinajstić information content (AvgIpc) is 3.16. The van der Waals surface area contributed by atoms with Crippen LogP contribution in [0.25, 0.3) is 10.8 Å². The second-order valence-electron chi connectivity index (χ2n) is 4.33. The summed E-state index contributed by atoms with van der Waals surface area (Å²) in [6, 6.07) is 9.21. The molecule has 0 spiro atoms. The molecule has 2 heterocycles. The average molecular weight is 315 g/mol. The van der Waals surface area contributed by atoms with Gasteiger partial charge in [-0.05, 0) is 24.3 Å². The summed E-state index contributed by atoms with van der Waals surface area (Å²) in [6.07, 6.45) is 1.43. The predicted octanol–water partition coefficient (Wildman–Crippen LogP) is 3.04. The molecule has 7 heteroatoms. The standard InChI is InChI=1S/C15H9NO5S/c17-9-5-2-1-4-8(9)12(18)13-11(15(19)20)16-14(22-13)10-6-3-7-21-10/h1-7,17H,(H,19,20). The topological polar surface area (TPSA) is 101 Å². The normalized spacial score (nSPS) is 10.5. The van der Waals surface area contributed by atoms with E-state index in [0.717, 1.165) is 11.3 Å². The number of hydrogen-bond donors (Lipinski definition) is 2. The Morgan fingerprint density at radius 1 is 1.14 bits per heavy atom. The molecular formula is C15H9NO5S. The van der Waals surface area contributed by atoms with Crippen molar-refractivity contribution in [2.45, 2.75) is 0 Å². The van der Waals surface area contributed by atoms with E-state index in [1.165, 1.54) is 18.4 Å². The van der Waals surface area contributed by atoms with E-state index < -0.39 is 11.8 Å².